The van der Waals surface area contributed by atoms with E-state index in [-0.39, 0.29) is 43.5 Å². The van der Waals surface area contributed by atoms with E-state index in [2.05, 4.69) is 0 Å². The van der Waals surface area contributed by atoms with Gasteiger partial charge in [0.2, 0.25) is 21.8 Å². The van der Waals surface area contributed by atoms with E-state index in [1.807, 2.05) is 24.3 Å². The van der Waals surface area contributed by atoms with E-state index in [1.165, 1.54) is 22.5 Å². The van der Waals surface area contributed by atoms with Crippen LogP contribution in [0, 0.1) is 5.82 Å². The van der Waals surface area contributed by atoms with E-state index in [0.29, 0.717) is 13.0 Å². The Bertz CT molecular complexity index is 1130. The molecule has 2 heterocycles. The zero-order valence-corrected chi connectivity index (χ0v) is 18.3. The highest BCUT2D eigenvalue weighted by Crippen LogP contribution is 2.24. The summed E-state index contributed by atoms with van der Waals surface area (Å²) in [5.74, 6) is -1.47. The molecule has 8 nitrogen and oxygen atoms in total. The van der Waals surface area contributed by atoms with Crippen LogP contribution in [-0.4, -0.2) is 73.1 Å². The van der Waals surface area contributed by atoms with Crippen molar-refractivity contribution in [3.05, 3.63) is 65.5 Å². The molecule has 2 amide bonds. The fourth-order valence-corrected chi connectivity index (χ4v) is 5.76. The van der Waals surface area contributed by atoms with Crippen LogP contribution in [0.1, 0.15) is 11.1 Å². The first-order valence-corrected chi connectivity index (χ1v) is 11.8. The first kappa shape index (κ1) is 22.4. The predicted octanol–water partition coefficient (Wildman–Crippen LogP) is 0.571. The molecule has 2 N–H and O–H groups in total. The Morgan fingerprint density at radius 3 is 2.25 bits per heavy atom. The quantitative estimate of drug-likeness (QED) is 0.703. The fraction of sp³-hybridized carbons (Fsp3) is 0.364. The molecule has 2 aromatic carbocycles. The molecular weight excluding hydrogens is 435 g/mol. The monoisotopic (exact) mass is 460 g/mol. The minimum atomic E-state index is -3.97. The molecule has 1 atom stereocenters. The standard InChI is InChI=1S/C22H25FN4O4S/c23-18-7-3-4-8-20(18)32(30,31)27-11-9-25(10-12-27)21(28)15-26-14-17-6-2-1-5-16(17)13-19(26)22(24)29/h1-8,19H,9-15H2,(H2,24,29). The number of fused-ring (bicyclic) bond motifs is 1. The molecule has 32 heavy (non-hydrogen) atoms. The Balaban J connectivity index is 1.40. The summed E-state index contributed by atoms with van der Waals surface area (Å²) in [5, 5.41) is 0. The maximum Gasteiger partial charge on any atom is 0.246 e. The Kier molecular flexibility index (Phi) is 6.27. The summed E-state index contributed by atoms with van der Waals surface area (Å²) in [6, 6.07) is 12.4. The van der Waals surface area contributed by atoms with Crippen molar-refractivity contribution < 1.29 is 22.4 Å². The number of rotatable bonds is 5. The third kappa shape index (κ3) is 4.38. The molecule has 0 saturated carbocycles. The van der Waals surface area contributed by atoms with E-state index in [4.69, 9.17) is 5.73 Å². The van der Waals surface area contributed by atoms with Crippen LogP contribution in [0.3, 0.4) is 0 Å². The Labute approximate surface area is 186 Å². The molecule has 0 aromatic heterocycles. The molecule has 0 aliphatic carbocycles. The van der Waals surface area contributed by atoms with Crippen molar-refractivity contribution in [3.8, 4) is 0 Å². The second-order valence-electron chi connectivity index (χ2n) is 8.01. The smallest absolute Gasteiger partial charge is 0.246 e. The Hall–Kier alpha value is -2.82. The number of hydrogen-bond acceptors (Lipinski definition) is 5. The van der Waals surface area contributed by atoms with E-state index in [9.17, 15) is 22.4 Å². The maximum atomic E-state index is 14.0. The average Bonchev–Trinajstić information content (AvgIpc) is 2.78. The fourth-order valence-electron chi connectivity index (χ4n) is 4.27. The van der Waals surface area contributed by atoms with Crippen LogP contribution in [0.2, 0.25) is 0 Å². The van der Waals surface area contributed by atoms with Crippen LogP contribution in [0.4, 0.5) is 4.39 Å². The normalized spacial score (nSPS) is 20.0. The molecule has 1 saturated heterocycles. The molecule has 1 fully saturated rings. The summed E-state index contributed by atoms with van der Waals surface area (Å²) >= 11 is 0. The van der Waals surface area contributed by atoms with Crippen molar-refractivity contribution in [1.82, 2.24) is 14.1 Å². The largest absolute Gasteiger partial charge is 0.368 e. The van der Waals surface area contributed by atoms with E-state index >= 15 is 0 Å². The molecule has 4 rings (SSSR count). The number of benzene rings is 2. The third-order valence-electron chi connectivity index (χ3n) is 6.06. The molecule has 0 bridgehead atoms. The van der Waals surface area contributed by atoms with E-state index in [0.717, 1.165) is 17.2 Å². The van der Waals surface area contributed by atoms with Gasteiger partial charge in [0, 0.05) is 32.7 Å². The Morgan fingerprint density at radius 2 is 1.59 bits per heavy atom. The van der Waals surface area contributed by atoms with Crippen molar-refractivity contribution in [2.45, 2.75) is 23.9 Å². The number of nitrogens with two attached hydrogens (primary N) is 1. The van der Waals surface area contributed by atoms with E-state index < -0.39 is 27.8 Å². The topological polar surface area (TPSA) is 104 Å². The van der Waals surface area contributed by atoms with Gasteiger partial charge in [-0.2, -0.15) is 4.31 Å². The summed E-state index contributed by atoms with van der Waals surface area (Å²) < 4.78 is 40.7. The number of amides is 2. The molecule has 0 radical (unpaired) electrons. The van der Waals surface area contributed by atoms with Gasteiger partial charge in [0.25, 0.3) is 0 Å². The van der Waals surface area contributed by atoms with Crippen molar-refractivity contribution in [2.75, 3.05) is 32.7 Å². The molecule has 2 aliphatic heterocycles. The van der Waals surface area contributed by atoms with Crippen LogP contribution in [0.5, 0.6) is 0 Å². The minimum absolute atomic E-state index is 0.0159. The summed E-state index contributed by atoms with van der Waals surface area (Å²) in [4.78, 5) is 27.9. The summed E-state index contributed by atoms with van der Waals surface area (Å²) in [5.41, 5.74) is 7.70. The molecule has 2 aromatic rings. The predicted molar refractivity (Wildman–Crippen MR) is 115 cm³/mol. The van der Waals surface area contributed by atoms with Crippen molar-refractivity contribution in [1.29, 1.82) is 0 Å². The zero-order chi connectivity index (χ0) is 22.9. The van der Waals surface area contributed by atoms with Crippen molar-refractivity contribution in [2.24, 2.45) is 5.73 Å². The van der Waals surface area contributed by atoms with Gasteiger partial charge in [-0.05, 0) is 29.7 Å². The van der Waals surface area contributed by atoms with Gasteiger partial charge in [0.15, 0.2) is 0 Å². The molecule has 1 unspecified atom stereocenters. The lowest BCUT2D eigenvalue weighted by Gasteiger charge is -2.38. The molecular formula is C22H25FN4O4S. The highest BCUT2D eigenvalue weighted by Gasteiger charge is 2.35. The lowest BCUT2D eigenvalue weighted by atomic mass is 9.93. The number of carbonyl (C=O) groups excluding carboxylic acids is 2. The van der Waals surface area contributed by atoms with Gasteiger partial charge < -0.3 is 10.6 Å². The maximum absolute atomic E-state index is 14.0. The van der Waals surface area contributed by atoms with E-state index in [1.54, 1.807) is 9.80 Å². The molecule has 0 spiro atoms. The highest BCUT2D eigenvalue weighted by molar-refractivity contribution is 7.89. The number of sulfonamides is 1. The zero-order valence-electron chi connectivity index (χ0n) is 17.5. The number of nitrogens with zero attached hydrogens (tertiary/aromatic N) is 3. The van der Waals surface area contributed by atoms with Crippen LogP contribution in [0.25, 0.3) is 0 Å². The van der Waals surface area contributed by atoms with Crippen LogP contribution in [0.15, 0.2) is 53.4 Å². The second kappa shape index (κ2) is 8.97. The third-order valence-corrected chi connectivity index (χ3v) is 7.99. The lowest BCUT2D eigenvalue weighted by molar-refractivity contribution is -0.136. The number of carbonyl (C=O) groups is 2. The minimum Gasteiger partial charge on any atom is -0.368 e. The van der Waals surface area contributed by atoms with Gasteiger partial charge in [0.1, 0.15) is 10.7 Å². The van der Waals surface area contributed by atoms with Gasteiger partial charge in [-0.1, -0.05) is 36.4 Å². The van der Waals surface area contributed by atoms with Crippen molar-refractivity contribution in [3.63, 3.8) is 0 Å². The summed E-state index contributed by atoms with van der Waals surface area (Å²) in [6.45, 7) is 0.991. The first-order chi connectivity index (χ1) is 15.3. The molecule has 2 aliphatic rings. The molecule has 10 heteroatoms. The second-order valence-corrected chi connectivity index (χ2v) is 9.92. The van der Waals surface area contributed by atoms with Gasteiger partial charge in [-0.25, -0.2) is 12.8 Å². The van der Waals surface area contributed by atoms with Crippen LogP contribution < -0.4 is 5.73 Å². The van der Waals surface area contributed by atoms with Gasteiger partial charge >= 0.3 is 0 Å². The molecule has 170 valence electrons. The average molecular weight is 461 g/mol. The number of hydrogen-bond donors (Lipinski definition) is 1. The lowest BCUT2D eigenvalue weighted by Crippen LogP contribution is -2.55. The Morgan fingerprint density at radius 1 is 0.969 bits per heavy atom. The summed E-state index contributed by atoms with van der Waals surface area (Å²) in [7, 11) is -3.97. The van der Waals surface area contributed by atoms with Crippen molar-refractivity contribution >= 4 is 21.8 Å². The van der Waals surface area contributed by atoms with Crippen LogP contribution >= 0.6 is 0 Å². The first-order valence-electron chi connectivity index (χ1n) is 10.4. The number of primary amides is 1. The van der Waals surface area contributed by atoms with Gasteiger partial charge in [-0.3, -0.25) is 14.5 Å². The number of halogens is 1. The number of piperazine rings is 1. The van der Waals surface area contributed by atoms with Gasteiger partial charge in [0.05, 0.1) is 12.6 Å². The highest BCUT2D eigenvalue weighted by atomic mass is 32.2. The summed E-state index contributed by atoms with van der Waals surface area (Å²) in [6.07, 6.45) is 0.452. The van der Waals surface area contributed by atoms with Crippen LogP contribution in [-0.2, 0) is 32.6 Å². The van der Waals surface area contributed by atoms with Gasteiger partial charge in [-0.15, -0.1) is 0 Å². The SMILES string of the molecule is NC(=O)C1Cc2ccccc2CN1CC(=O)N1CCN(S(=O)(=O)c2ccccc2F)CC1.